The second-order valence-corrected chi connectivity index (χ2v) is 2.42. The van der Waals surface area contributed by atoms with E-state index in [-0.39, 0.29) is 0 Å². The van der Waals surface area contributed by atoms with Crippen molar-refractivity contribution < 1.29 is 13.0 Å². The molecule has 0 aliphatic carbocycles. The molecule has 0 unspecified atom stereocenters. The molecule has 0 aromatic carbocycles. The summed E-state index contributed by atoms with van der Waals surface area (Å²) in [7, 11) is -3.67. The molecule has 1 N–H and O–H groups in total. The van der Waals surface area contributed by atoms with E-state index in [4.69, 9.17) is 15.1 Å². The molecule has 0 bridgehead atoms. The van der Waals surface area contributed by atoms with E-state index in [1.807, 2.05) is 0 Å². The van der Waals surface area contributed by atoms with Crippen LogP contribution in [-0.2, 0) is 10.1 Å². The lowest BCUT2D eigenvalue weighted by molar-refractivity contribution is 0.490. The van der Waals surface area contributed by atoms with E-state index in [1.54, 1.807) is 0 Å². The van der Waals surface area contributed by atoms with Gasteiger partial charge in [0.15, 0.2) is 12.1 Å². The Kier molecular flexibility index (Phi) is 6.04. The fraction of sp³-hybridized carbons (Fsp3) is 0.333. The third-order valence-corrected chi connectivity index (χ3v) is 0.0500. The lowest BCUT2D eigenvalue weighted by Gasteiger charge is -1.69. The molecule has 0 rings (SSSR count). The predicted octanol–water partition coefficient (Wildman–Crippen LogP) is -0.462. The summed E-state index contributed by atoms with van der Waals surface area (Å²) in [5.41, 5.74) is 0. The van der Waals surface area contributed by atoms with E-state index in [1.165, 1.54) is 12.1 Å². The van der Waals surface area contributed by atoms with Crippen molar-refractivity contribution in [2.75, 3.05) is 6.26 Å². The Labute approximate surface area is 52.9 Å². The zero-order valence-corrected chi connectivity index (χ0v) is 5.38. The highest BCUT2D eigenvalue weighted by molar-refractivity contribution is 7.85. The van der Waals surface area contributed by atoms with E-state index in [0.717, 1.165) is 0 Å². The average Bonchev–Trinajstić information content (AvgIpc) is 1.61. The molecule has 0 atom stereocenters. The summed E-state index contributed by atoms with van der Waals surface area (Å²) >= 11 is 0. The van der Waals surface area contributed by atoms with Crippen molar-refractivity contribution in [3.8, 4) is 12.1 Å². The van der Waals surface area contributed by atoms with Crippen molar-refractivity contribution in [1.29, 1.82) is 10.5 Å². The first-order valence-electron chi connectivity index (χ1n) is 1.62. The highest BCUT2D eigenvalue weighted by Gasteiger charge is 1.81. The number of nitriles is 2. The van der Waals surface area contributed by atoms with Crippen LogP contribution in [0.5, 0.6) is 0 Å². The molecule has 6 heteroatoms. The molecule has 0 saturated heterocycles. The monoisotopic (exact) mass is 148 g/mol. The molecular formula is C3H4N2O3S. The molecule has 0 aliphatic rings. The van der Waals surface area contributed by atoms with Crippen LogP contribution in [0.1, 0.15) is 0 Å². The molecule has 50 valence electrons. The molecule has 0 aromatic rings. The third kappa shape index (κ3) is 13600. The maximum Gasteiger partial charge on any atom is 0.261 e. The number of nitrogens with zero attached hydrogens (tertiary/aromatic N) is 2. The SMILES string of the molecule is CS(=O)(=O)O.N#CC#N. The van der Waals surface area contributed by atoms with Gasteiger partial charge in [-0.1, -0.05) is 0 Å². The fourth-order valence-electron chi connectivity index (χ4n) is 0. The van der Waals surface area contributed by atoms with Gasteiger partial charge in [-0.05, 0) is 0 Å². The average molecular weight is 148 g/mol. The highest BCUT2D eigenvalue weighted by atomic mass is 32.2. The molecule has 0 amide bonds. The molecule has 0 fully saturated rings. The molecule has 5 nitrogen and oxygen atoms in total. The van der Waals surface area contributed by atoms with Crippen LogP contribution in [0.4, 0.5) is 0 Å². The van der Waals surface area contributed by atoms with Crippen LogP contribution in [0.25, 0.3) is 0 Å². The molecule has 0 radical (unpaired) electrons. The zero-order chi connectivity index (χ0) is 7.91. The van der Waals surface area contributed by atoms with Gasteiger partial charge in [0.2, 0.25) is 0 Å². The van der Waals surface area contributed by atoms with Gasteiger partial charge in [-0.15, -0.1) is 0 Å². The third-order valence-electron chi connectivity index (χ3n) is 0.0500. The highest BCUT2D eigenvalue weighted by Crippen LogP contribution is 1.60. The van der Waals surface area contributed by atoms with E-state index in [9.17, 15) is 8.42 Å². The van der Waals surface area contributed by atoms with Gasteiger partial charge in [-0.2, -0.15) is 18.9 Å². The standard InChI is InChI=1S/C2N2.CH4O3S/c3-1-2-4;1-5(2,3)4/h;1H3,(H,2,3,4). The van der Waals surface area contributed by atoms with Gasteiger partial charge in [0.1, 0.15) is 0 Å². The van der Waals surface area contributed by atoms with Gasteiger partial charge >= 0.3 is 0 Å². The van der Waals surface area contributed by atoms with Crippen LogP contribution in [0.3, 0.4) is 0 Å². The zero-order valence-electron chi connectivity index (χ0n) is 4.57. The molecule has 0 heterocycles. The molecule has 0 saturated carbocycles. The Morgan fingerprint density at radius 3 is 1.44 bits per heavy atom. The van der Waals surface area contributed by atoms with E-state index >= 15 is 0 Å². The van der Waals surface area contributed by atoms with Crippen molar-refractivity contribution in [3.05, 3.63) is 0 Å². The molecular weight excluding hydrogens is 144 g/mol. The second kappa shape index (κ2) is 5.04. The van der Waals surface area contributed by atoms with Crippen LogP contribution < -0.4 is 0 Å². The van der Waals surface area contributed by atoms with Crippen molar-refractivity contribution in [3.63, 3.8) is 0 Å². The van der Waals surface area contributed by atoms with E-state index in [0.29, 0.717) is 6.26 Å². The first kappa shape index (κ1) is 10.8. The van der Waals surface area contributed by atoms with Crippen molar-refractivity contribution in [1.82, 2.24) is 0 Å². The normalized spacial score (nSPS) is 7.56. The van der Waals surface area contributed by atoms with Crippen LogP contribution in [-0.4, -0.2) is 19.2 Å². The predicted molar refractivity (Wildman–Crippen MR) is 28.7 cm³/mol. The summed E-state index contributed by atoms with van der Waals surface area (Å²) in [6, 6.07) is 2.47. The lowest BCUT2D eigenvalue weighted by atomic mass is 10.9. The molecule has 0 spiro atoms. The summed E-state index contributed by atoms with van der Waals surface area (Å²) in [5, 5.41) is 14.5. The largest absolute Gasteiger partial charge is 0.286 e. The quantitative estimate of drug-likeness (QED) is 0.468. The van der Waals surface area contributed by atoms with E-state index < -0.39 is 10.1 Å². The Hall–Kier alpha value is -1.11. The van der Waals surface area contributed by atoms with Gasteiger partial charge in [-0.25, -0.2) is 0 Å². The van der Waals surface area contributed by atoms with Crippen LogP contribution >= 0.6 is 0 Å². The number of hydrogen-bond acceptors (Lipinski definition) is 4. The summed E-state index contributed by atoms with van der Waals surface area (Å²) in [6.45, 7) is 0. The second-order valence-electron chi connectivity index (χ2n) is 0.957. The van der Waals surface area contributed by atoms with E-state index in [2.05, 4.69) is 0 Å². The topological polar surface area (TPSA) is 102 Å². The minimum absolute atomic E-state index is 0.715. The molecule has 0 aromatic heterocycles. The maximum absolute atomic E-state index is 9.19. The minimum Gasteiger partial charge on any atom is -0.286 e. The Bertz CT molecular complexity index is 209. The number of rotatable bonds is 0. The summed E-state index contributed by atoms with van der Waals surface area (Å²) in [4.78, 5) is 0. The van der Waals surface area contributed by atoms with Crippen LogP contribution in [0.2, 0.25) is 0 Å². The van der Waals surface area contributed by atoms with Crippen LogP contribution in [0, 0.1) is 22.7 Å². The Balaban J connectivity index is 0. The number of hydrogen-bond donors (Lipinski definition) is 1. The minimum atomic E-state index is -3.67. The Morgan fingerprint density at radius 1 is 1.33 bits per heavy atom. The van der Waals surface area contributed by atoms with Crippen LogP contribution in [0.15, 0.2) is 0 Å². The maximum atomic E-state index is 9.19. The fourth-order valence-corrected chi connectivity index (χ4v) is 0. The summed E-state index contributed by atoms with van der Waals surface area (Å²) < 4.78 is 25.9. The molecule has 9 heavy (non-hydrogen) atoms. The first-order chi connectivity index (χ1) is 3.91. The van der Waals surface area contributed by atoms with Gasteiger partial charge in [0, 0.05) is 0 Å². The summed E-state index contributed by atoms with van der Waals surface area (Å²) in [5.74, 6) is 0. The van der Waals surface area contributed by atoms with Crippen molar-refractivity contribution >= 4 is 10.1 Å². The van der Waals surface area contributed by atoms with Crippen molar-refractivity contribution in [2.24, 2.45) is 0 Å². The van der Waals surface area contributed by atoms with Gasteiger partial charge < -0.3 is 0 Å². The summed E-state index contributed by atoms with van der Waals surface area (Å²) in [6.07, 6.45) is 0.715. The Morgan fingerprint density at radius 2 is 1.44 bits per heavy atom. The lowest BCUT2D eigenvalue weighted by Crippen LogP contribution is -1.88. The molecule has 0 aliphatic heterocycles. The smallest absolute Gasteiger partial charge is 0.261 e. The van der Waals surface area contributed by atoms with Gasteiger partial charge in [-0.3, -0.25) is 4.55 Å². The van der Waals surface area contributed by atoms with Gasteiger partial charge in [0.25, 0.3) is 10.1 Å². The first-order valence-corrected chi connectivity index (χ1v) is 3.47. The van der Waals surface area contributed by atoms with Crippen molar-refractivity contribution in [2.45, 2.75) is 0 Å². The van der Waals surface area contributed by atoms with Gasteiger partial charge in [0.05, 0.1) is 6.26 Å².